The minimum Gasteiger partial charge on any atom is -0.372 e. The molecule has 0 saturated carbocycles. The second-order valence-electron chi connectivity index (χ2n) is 3.73. The summed E-state index contributed by atoms with van der Waals surface area (Å²) in [7, 11) is 0. The second kappa shape index (κ2) is 3.30. The molecule has 0 aromatic rings. The summed E-state index contributed by atoms with van der Waals surface area (Å²) in [4.78, 5) is 0. The van der Waals surface area contributed by atoms with Gasteiger partial charge in [0.1, 0.15) is 0 Å². The van der Waals surface area contributed by atoms with Crippen molar-refractivity contribution in [2.45, 2.75) is 25.4 Å². The van der Waals surface area contributed by atoms with Gasteiger partial charge in [-0.05, 0) is 18.8 Å². The molecule has 66 valence electrons. The van der Waals surface area contributed by atoms with Crippen LogP contribution in [0.4, 0.5) is 0 Å². The highest BCUT2D eigenvalue weighted by molar-refractivity contribution is 5.85. The van der Waals surface area contributed by atoms with E-state index >= 15 is 0 Å². The van der Waals surface area contributed by atoms with Crippen molar-refractivity contribution in [3.63, 3.8) is 0 Å². The molecule has 0 radical (unpaired) electrons. The predicted molar refractivity (Wildman–Crippen MR) is 47.2 cm³/mol. The first-order chi connectivity index (χ1) is 4.81. The quantitative estimate of drug-likeness (QED) is 0.601. The Kier molecular flexibility index (Phi) is 2.79. The first kappa shape index (κ1) is 9.30. The van der Waals surface area contributed by atoms with Gasteiger partial charge < -0.3 is 10.1 Å². The summed E-state index contributed by atoms with van der Waals surface area (Å²) >= 11 is 0. The molecule has 0 aliphatic carbocycles. The molecule has 2 saturated heterocycles. The Morgan fingerprint density at radius 3 is 2.55 bits per heavy atom. The lowest BCUT2D eigenvalue weighted by molar-refractivity contribution is -0.123. The summed E-state index contributed by atoms with van der Waals surface area (Å²) in [5, 5.41) is 3.27. The van der Waals surface area contributed by atoms with Gasteiger partial charge in [0.2, 0.25) is 0 Å². The number of hydrogen-bond donors (Lipinski definition) is 1. The van der Waals surface area contributed by atoms with Crippen LogP contribution in [-0.2, 0) is 4.74 Å². The fourth-order valence-corrected chi connectivity index (χ4v) is 1.92. The molecule has 3 heteroatoms. The van der Waals surface area contributed by atoms with Crippen molar-refractivity contribution >= 4 is 12.4 Å². The molecular weight excluding hydrogens is 162 g/mol. The maximum absolute atomic E-state index is 5.71. The summed E-state index contributed by atoms with van der Waals surface area (Å²) in [5.41, 5.74) is 0.262. The van der Waals surface area contributed by atoms with Crippen molar-refractivity contribution in [1.29, 1.82) is 0 Å². The van der Waals surface area contributed by atoms with Gasteiger partial charge >= 0.3 is 0 Å². The van der Waals surface area contributed by atoms with Crippen LogP contribution in [0.1, 0.15) is 19.8 Å². The molecule has 1 spiro atoms. The van der Waals surface area contributed by atoms with E-state index in [-0.39, 0.29) is 18.0 Å². The van der Waals surface area contributed by atoms with Crippen molar-refractivity contribution in [2.24, 2.45) is 5.92 Å². The van der Waals surface area contributed by atoms with E-state index in [9.17, 15) is 0 Å². The molecule has 1 N–H and O–H groups in total. The van der Waals surface area contributed by atoms with Gasteiger partial charge in [0.25, 0.3) is 0 Å². The Morgan fingerprint density at radius 2 is 2.18 bits per heavy atom. The SMILES string of the molecule is CC1CCOC2(CNC2)C1.Cl. The lowest BCUT2D eigenvalue weighted by Gasteiger charge is -2.47. The van der Waals surface area contributed by atoms with Crippen molar-refractivity contribution in [1.82, 2.24) is 5.32 Å². The lowest BCUT2D eigenvalue weighted by atomic mass is 9.83. The van der Waals surface area contributed by atoms with E-state index < -0.39 is 0 Å². The molecular formula is C8H16ClNO. The third-order valence-electron chi connectivity index (χ3n) is 2.63. The maximum Gasteiger partial charge on any atom is 0.0932 e. The van der Waals surface area contributed by atoms with Gasteiger partial charge in [0.15, 0.2) is 0 Å². The first-order valence-corrected chi connectivity index (χ1v) is 4.15. The summed E-state index contributed by atoms with van der Waals surface area (Å²) in [5.74, 6) is 0.871. The third kappa shape index (κ3) is 1.68. The lowest BCUT2D eigenvalue weighted by Crippen LogP contribution is -2.63. The van der Waals surface area contributed by atoms with Crippen molar-refractivity contribution in [3.05, 3.63) is 0 Å². The molecule has 1 atom stereocenters. The summed E-state index contributed by atoms with van der Waals surface area (Å²) in [6.07, 6.45) is 2.52. The molecule has 0 amide bonds. The average Bonchev–Trinajstić information content (AvgIpc) is 1.85. The smallest absolute Gasteiger partial charge is 0.0932 e. The first-order valence-electron chi connectivity index (χ1n) is 4.15. The minimum atomic E-state index is 0. The fourth-order valence-electron chi connectivity index (χ4n) is 1.92. The van der Waals surface area contributed by atoms with Gasteiger partial charge in [-0.25, -0.2) is 0 Å². The highest BCUT2D eigenvalue weighted by atomic mass is 35.5. The number of rotatable bonds is 0. The number of hydrogen-bond acceptors (Lipinski definition) is 2. The van der Waals surface area contributed by atoms with Crippen LogP contribution in [0.15, 0.2) is 0 Å². The largest absolute Gasteiger partial charge is 0.372 e. The van der Waals surface area contributed by atoms with Crippen LogP contribution in [0.5, 0.6) is 0 Å². The normalized spacial score (nSPS) is 34.1. The minimum absolute atomic E-state index is 0. The van der Waals surface area contributed by atoms with E-state index in [1.165, 1.54) is 12.8 Å². The molecule has 2 aliphatic heterocycles. The average molecular weight is 178 g/mol. The molecule has 2 heterocycles. The van der Waals surface area contributed by atoms with E-state index in [4.69, 9.17) is 4.74 Å². The van der Waals surface area contributed by atoms with Crippen LogP contribution in [0.25, 0.3) is 0 Å². The summed E-state index contributed by atoms with van der Waals surface area (Å²) in [6.45, 7) is 5.46. The van der Waals surface area contributed by atoms with E-state index in [0.717, 1.165) is 25.6 Å². The monoisotopic (exact) mass is 177 g/mol. The van der Waals surface area contributed by atoms with Gasteiger partial charge in [-0.3, -0.25) is 0 Å². The van der Waals surface area contributed by atoms with E-state index in [1.807, 2.05) is 0 Å². The fraction of sp³-hybridized carbons (Fsp3) is 1.00. The Balaban J connectivity index is 0.000000605. The molecule has 0 aromatic carbocycles. The molecule has 2 fully saturated rings. The highest BCUT2D eigenvalue weighted by Gasteiger charge is 2.41. The van der Waals surface area contributed by atoms with Crippen LogP contribution >= 0.6 is 12.4 Å². The van der Waals surface area contributed by atoms with Crippen molar-refractivity contribution in [2.75, 3.05) is 19.7 Å². The number of halogens is 1. The Hall–Kier alpha value is 0.210. The van der Waals surface area contributed by atoms with Crippen molar-refractivity contribution < 1.29 is 4.74 Å². The second-order valence-corrected chi connectivity index (χ2v) is 3.73. The van der Waals surface area contributed by atoms with Crippen LogP contribution in [0, 0.1) is 5.92 Å². The third-order valence-corrected chi connectivity index (χ3v) is 2.63. The Labute approximate surface area is 74.1 Å². The topological polar surface area (TPSA) is 21.3 Å². The van der Waals surface area contributed by atoms with Crippen LogP contribution in [0.3, 0.4) is 0 Å². The van der Waals surface area contributed by atoms with Gasteiger partial charge in [0, 0.05) is 19.7 Å². The summed E-state index contributed by atoms with van der Waals surface area (Å²) in [6, 6.07) is 0. The van der Waals surface area contributed by atoms with Gasteiger partial charge in [0.05, 0.1) is 5.60 Å². The molecule has 2 nitrogen and oxygen atoms in total. The van der Waals surface area contributed by atoms with E-state index in [1.54, 1.807) is 0 Å². The zero-order valence-corrected chi connectivity index (χ0v) is 7.75. The zero-order valence-electron chi connectivity index (χ0n) is 6.93. The van der Waals surface area contributed by atoms with Gasteiger partial charge in [-0.15, -0.1) is 12.4 Å². The van der Waals surface area contributed by atoms with Crippen molar-refractivity contribution in [3.8, 4) is 0 Å². The van der Waals surface area contributed by atoms with Crippen LogP contribution in [-0.4, -0.2) is 25.3 Å². The Bertz CT molecular complexity index is 136. The number of nitrogens with one attached hydrogen (secondary N) is 1. The van der Waals surface area contributed by atoms with Gasteiger partial charge in [-0.1, -0.05) is 6.92 Å². The maximum atomic E-state index is 5.71. The molecule has 11 heavy (non-hydrogen) atoms. The van der Waals surface area contributed by atoms with Crippen LogP contribution < -0.4 is 5.32 Å². The standard InChI is InChI=1S/C8H15NO.ClH/c1-7-2-3-10-8(4-7)5-9-6-8;/h7,9H,2-6H2,1H3;1H. The van der Waals surface area contributed by atoms with E-state index in [2.05, 4.69) is 12.2 Å². The molecule has 0 aromatic heterocycles. The Morgan fingerprint density at radius 1 is 1.45 bits per heavy atom. The number of ether oxygens (including phenoxy) is 1. The molecule has 2 aliphatic rings. The summed E-state index contributed by atoms with van der Waals surface area (Å²) < 4.78 is 5.71. The molecule has 0 bridgehead atoms. The zero-order chi connectivity index (χ0) is 7.03. The predicted octanol–water partition coefficient (Wildman–Crippen LogP) is 1.20. The highest BCUT2D eigenvalue weighted by Crippen LogP contribution is 2.31. The van der Waals surface area contributed by atoms with Gasteiger partial charge in [-0.2, -0.15) is 0 Å². The van der Waals surface area contributed by atoms with E-state index in [0.29, 0.717) is 0 Å². The van der Waals surface area contributed by atoms with Crippen LogP contribution in [0.2, 0.25) is 0 Å². The molecule has 2 rings (SSSR count). The molecule has 1 unspecified atom stereocenters.